The summed E-state index contributed by atoms with van der Waals surface area (Å²) in [5.41, 5.74) is 1.61. The quantitative estimate of drug-likeness (QED) is 0.510. The number of anilines is 1. The zero-order valence-electron chi connectivity index (χ0n) is 16.6. The van der Waals surface area contributed by atoms with E-state index in [1.807, 2.05) is 30.3 Å². The molecule has 0 saturated carbocycles. The van der Waals surface area contributed by atoms with Gasteiger partial charge in [-0.15, -0.1) is 0 Å². The highest BCUT2D eigenvalue weighted by Crippen LogP contribution is 2.10. The molecule has 0 aromatic heterocycles. The molecule has 0 aliphatic carbocycles. The average Bonchev–Trinajstić information content (AvgIpc) is 2.76. The van der Waals surface area contributed by atoms with E-state index in [0.29, 0.717) is 11.3 Å². The van der Waals surface area contributed by atoms with Gasteiger partial charge in [0.15, 0.2) is 6.61 Å². The normalized spacial score (nSPS) is 11.4. The fourth-order valence-corrected chi connectivity index (χ4v) is 2.32. The lowest BCUT2D eigenvalue weighted by atomic mass is 10.2. The number of esters is 2. The van der Waals surface area contributed by atoms with Gasteiger partial charge in [0.05, 0.1) is 12.7 Å². The summed E-state index contributed by atoms with van der Waals surface area (Å²) in [7, 11) is 1.27. The Labute approximate surface area is 173 Å². The third-order valence-electron chi connectivity index (χ3n) is 3.87. The molecule has 8 nitrogen and oxygen atoms in total. The number of amides is 2. The van der Waals surface area contributed by atoms with Gasteiger partial charge in [-0.3, -0.25) is 9.59 Å². The van der Waals surface area contributed by atoms with Crippen molar-refractivity contribution in [2.24, 2.45) is 0 Å². The molecule has 2 aromatic carbocycles. The molecule has 0 spiro atoms. The van der Waals surface area contributed by atoms with E-state index in [-0.39, 0.29) is 0 Å². The van der Waals surface area contributed by atoms with Crippen LogP contribution in [0.3, 0.4) is 0 Å². The van der Waals surface area contributed by atoms with Gasteiger partial charge in [0.25, 0.3) is 5.91 Å². The number of hydrogen-bond acceptors (Lipinski definition) is 6. The molecule has 0 heterocycles. The van der Waals surface area contributed by atoms with Gasteiger partial charge in [-0.2, -0.15) is 0 Å². The van der Waals surface area contributed by atoms with Gasteiger partial charge >= 0.3 is 11.9 Å². The number of benzene rings is 2. The molecule has 2 N–H and O–H groups in total. The van der Waals surface area contributed by atoms with Gasteiger partial charge in [-0.05, 0) is 42.8 Å². The zero-order chi connectivity index (χ0) is 21.9. The fourth-order valence-electron chi connectivity index (χ4n) is 2.32. The Morgan fingerprint density at radius 3 is 2.30 bits per heavy atom. The second-order valence-corrected chi connectivity index (χ2v) is 6.20. The van der Waals surface area contributed by atoms with Crippen molar-refractivity contribution in [1.82, 2.24) is 5.32 Å². The smallest absolute Gasteiger partial charge is 0.337 e. The molecule has 0 aliphatic heterocycles. The van der Waals surface area contributed by atoms with E-state index >= 15 is 0 Å². The second-order valence-electron chi connectivity index (χ2n) is 6.20. The minimum atomic E-state index is -0.926. The van der Waals surface area contributed by atoms with E-state index in [4.69, 9.17) is 4.74 Å². The Bertz CT molecular complexity index is 922. The molecular formula is C22H22N2O6. The number of rotatable bonds is 8. The molecule has 2 rings (SSSR count). The maximum Gasteiger partial charge on any atom is 0.337 e. The molecule has 30 heavy (non-hydrogen) atoms. The fraction of sp³-hybridized carbons (Fsp3) is 0.182. The van der Waals surface area contributed by atoms with Crippen molar-refractivity contribution in [2.45, 2.75) is 13.0 Å². The zero-order valence-corrected chi connectivity index (χ0v) is 16.6. The highest BCUT2D eigenvalue weighted by atomic mass is 16.5. The lowest BCUT2D eigenvalue weighted by molar-refractivity contribution is -0.149. The van der Waals surface area contributed by atoms with Gasteiger partial charge < -0.3 is 20.1 Å². The van der Waals surface area contributed by atoms with E-state index in [9.17, 15) is 19.2 Å². The van der Waals surface area contributed by atoms with E-state index in [0.717, 1.165) is 5.56 Å². The van der Waals surface area contributed by atoms with Gasteiger partial charge in [-0.1, -0.05) is 30.3 Å². The van der Waals surface area contributed by atoms with Crippen LogP contribution < -0.4 is 10.6 Å². The number of nitrogens with one attached hydrogen (secondary N) is 2. The summed E-state index contributed by atoms with van der Waals surface area (Å²) in [6.45, 7) is 0.942. The molecule has 8 heteroatoms. The number of carbonyl (C=O) groups is 4. The van der Waals surface area contributed by atoms with Crippen molar-refractivity contribution in [3.8, 4) is 0 Å². The predicted octanol–water partition coefficient (Wildman–Crippen LogP) is 2.17. The molecule has 156 valence electrons. The number of hydrogen-bond donors (Lipinski definition) is 2. The highest BCUT2D eigenvalue weighted by Gasteiger charge is 2.17. The summed E-state index contributed by atoms with van der Waals surface area (Å²) in [6, 6.07) is 14.3. The molecular weight excluding hydrogens is 388 g/mol. The third kappa shape index (κ3) is 7.23. The lowest BCUT2D eigenvalue weighted by Gasteiger charge is -2.12. The van der Waals surface area contributed by atoms with Crippen molar-refractivity contribution in [3.05, 3.63) is 71.8 Å². The van der Waals surface area contributed by atoms with Crippen LogP contribution in [-0.4, -0.2) is 43.5 Å². The van der Waals surface area contributed by atoms with Crippen LogP contribution in [0.15, 0.2) is 60.7 Å². The Balaban J connectivity index is 1.75. The molecule has 0 fully saturated rings. The molecule has 0 bridgehead atoms. The first kappa shape index (κ1) is 22.4. The minimum absolute atomic E-state index is 0.341. The van der Waals surface area contributed by atoms with Gasteiger partial charge in [0.2, 0.25) is 5.91 Å². The van der Waals surface area contributed by atoms with Gasteiger partial charge in [-0.25, -0.2) is 9.59 Å². The molecule has 0 radical (unpaired) electrons. The summed E-state index contributed by atoms with van der Waals surface area (Å²) in [6.07, 6.45) is 2.93. The van der Waals surface area contributed by atoms with Crippen molar-refractivity contribution < 1.29 is 28.7 Å². The van der Waals surface area contributed by atoms with Crippen LogP contribution in [-0.2, 0) is 23.9 Å². The topological polar surface area (TPSA) is 111 Å². The maximum absolute atomic E-state index is 12.0. The van der Waals surface area contributed by atoms with Crippen LogP contribution in [0.5, 0.6) is 0 Å². The monoisotopic (exact) mass is 410 g/mol. The molecule has 2 aromatic rings. The van der Waals surface area contributed by atoms with Gasteiger partial charge in [0, 0.05) is 11.8 Å². The SMILES string of the molecule is COC(=O)c1ccc(NC(=O)COC(=O)[C@H](C)NC(=O)/C=C/c2ccccc2)cc1. The van der Waals surface area contributed by atoms with E-state index in [1.54, 1.807) is 6.08 Å². The number of methoxy groups -OCH3 is 1. The minimum Gasteiger partial charge on any atom is -0.465 e. The van der Waals surface area contributed by atoms with E-state index < -0.39 is 36.4 Å². The maximum atomic E-state index is 12.0. The summed E-state index contributed by atoms with van der Waals surface area (Å²) in [5.74, 6) is -2.25. The first-order chi connectivity index (χ1) is 14.4. The summed E-state index contributed by atoms with van der Waals surface area (Å²) >= 11 is 0. The predicted molar refractivity (Wildman–Crippen MR) is 110 cm³/mol. The number of ether oxygens (including phenoxy) is 2. The molecule has 0 unspecified atom stereocenters. The van der Waals surface area contributed by atoms with Crippen LogP contribution in [0.25, 0.3) is 6.08 Å². The third-order valence-corrected chi connectivity index (χ3v) is 3.87. The van der Waals surface area contributed by atoms with Crippen molar-refractivity contribution in [1.29, 1.82) is 0 Å². The first-order valence-electron chi connectivity index (χ1n) is 9.07. The Hall–Kier alpha value is -3.94. The van der Waals surface area contributed by atoms with Gasteiger partial charge in [0.1, 0.15) is 6.04 Å². The Kier molecular flexibility index (Phi) is 8.31. The molecule has 0 saturated heterocycles. The molecule has 1 atom stereocenters. The van der Waals surface area contributed by atoms with Crippen LogP contribution in [0.4, 0.5) is 5.69 Å². The second kappa shape index (κ2) is 11.2. The van der Waals surface area contributed by atoms with E-state index in [1.165, 1.54) is 44.4 Å². The molecule has 0 aliphatic rings. The lowest BCUT2D eigenvalue weighted by Crippen LogP contribution is -2.39. The van der Waals surface area contributed by atoms with Crippen molar-refractivity contribution in [2.75, 3.05) is 19.0 Å². The van der Waals surface area contributed by atoms with Crippen molar-refractivity contribution >= 4 is 35.5 Å². The summed E-state index contributed by atoms with van der Waals surface area (Å²) in [5, 5.41) is 5.00. The average molecular weight is 410 g/mol. The van der Waals surface area contributed by atoms with Crippen LogP contribution in [0.1, 0.15) is 22.8 Å². The highest BCUT2D eigenvalue weighted by molar-refractivity contribution is 5.96. The summed E-state index contributed by atoms with van der Waals surface area (Å²) in [4.78, 5) is 47.2. The van der Waals surface area contributed by atoms with Crippen molar-refractivity contribution in [3.63, 3.8) is 0 Å². The van der Waals surface area contributed by atoms with Crippen LogP contribution >= 0.6 is 0 Å². The largest absolute Gasteiger partial charge is 0.465 e. The number of carbonyl (C=O) groups excluding carboxylic acids is 4. The molecule has 2 amide bonds. The van der Waals surface area contributed by atoms with Crippen LogP contribution in [0.2, 0.25) is 0 Å². The van der Waals surface area contributed by atoms with E-state index in [2.05, 4.69) is 15.4 Å². The standard InChI is InChI=1S/C22H22N2O6/c1-15(23-19(25)13-8-16-6-4-3-5-7-16)21(27)30-14-20(26)24-18-11-9-17(10-12-18)22(28)29-2/h3-13,15H,14H2,1-2H3,(H,23,25)(H,24,26)/b13-8+/t15-/m0/s1. The Morgan fingerprint density at radius 2 is 1.67 bits per heavy atom. The summed E-state index contributed by atoms with van der Waals surface area (Å²) < 4.78 is 9.51. The first-order valence-corrected chi connectivity index (χ1v) is 9.07. The Morgan fingerprint density at radius 1 is 1.00 bits per heavy atom. The van der Waals surface area contributed by atoms with Crippen LogP contribution in [0, 0.1) is 0 Å².